The molecule has 1 spiro atoms. The molecule has 2 aliphatic heterocycles. The third-order valence-corrected chi connectivity index (χ3v) is 4.09. The number of rotatable bonds is 1. The lowest BCUT2D eigenvalue weighted by Crippen LogP contribution is -2.66. The summed E-state index contributed by atoms with van der Waals surface area (Å²) in [4.78, 5) is 12.3. The molecular formula is C15H17NO2. The number of hydrogen-bond donors (Lipinski definition) is 1. The summed E-state index contributed by atoms with van der Waals surface area (Å²) in [7, 11) is 0. The van der Waals surface area contributed by atoms with Crippen LogP contribution in [0.15, 0.2) is 24.8 Å². The summed E-state index contributed by atoms with van der Waals surface area (Å²) in [5.74, 6) is 0.0690. The van der Waals surface area contributed by atoms with Gasteiger partial charge in [0.05, 0.1) is 18.6 Å². The first-order chi connectivity index (χ1) is 8.49. The van der Waals surface area contributed by atoms with Crippen LogP contribution in [0.3, 0.4) is 0 Å². The Labute approximate surface area is 107 Å². The number of carbonyl (C=O) groups excluding carboxylic acids is 1. The number of nitrogens with one attached hydrogen (secondary N) is 1. The van der Waals surface area contributed by atoms with E-state index in [-0.39, 0.29) is 11.4 Å². The van der Waals surface area contributed by atoms with Crippen molar-refractivity contribution < 1.29 is 9.53 Å². The average Bonchev–Trinajstić information content (AvgIpc) is 2.31. The molecule has 1 saturated heterocycles. The van der Waals surface area contributed by atoms with Crippen LogP contribution in [-0.2, 0) is 20.5 Å². The average molecular weight is 243 g/mol. The highest BCUT2D eigenvalue weighted by atomic mass is 16.5. The minimum absolute atomic E-state index is 0.0690. The van der Waals surface area contributed by atoms with Gasteiger partial charge in [0.2, 0.25) is 5.91 Å². The van der Waals surface area contributed by atoms with E-state index >= 15 is 0 Å². The van der Waals surface area contributed by atoms with Gasteiger partial charge in [-0.25, -0.2) is 0 Å². The Bertz CT molecular complexity index is 541. The van der Waals surface area contributed by atoms with Crippen LogP contribution in [0.25, 0.3) is 6.08 Å². The highest BCUT2D eigenvalue weighted by Crippen LogP contribution is 2.42. The van der Waals surface area contributed by atoms with Gasteiger partial charge in [-0.2, -0.15) is 0 Å². The van der Waals surface area contributed by atoms with Gasteiger partial charge in [0.15, 0.2) is 0 Å². The van der Waals surface area contributed by atoms with E-state index in [2.05, 4.69) is 24.0 Å². The first kappa shape index (κ1) is 11.5. The Morgan fingerprint density at radius 2 is 2.06 bits per heavy atom. The van der Waals surface area contributed by atoms with Crippen molar-refractivity contribution in [3.63, 3.8) is 0 Å². The number of amides is 1. The molecule has 3 rings (SSSR count). The van der Waals surface area contributed by atoms with Crippen LogP contribution in [0.5, 0.6) is 0 Å². The van der Waals surface area contributed by atoms with E-state index in [4.69, 9.17) is 4.74 Å². The zero-order valence-electron chi connectivity index (χ0n) is 10.7. The van der Waals surface area contributed by atoms with Crippen molar-refractivity contribution in [3.8, 4) is 0 Å². The molecule has 0 aromatic heterocycles. The lowest BCUT2D eigenvalue weighted by Gasteiger charge is -2.50. The molecule has 3 nitrogen and oxygen atoms in total. The first-order valence-corrected chi connectivity index (χ1v) is 6.17. The molecule has 0 bridgehead atoms. The molecule has 1 N–H and O–H groups in total. The van der Waals surface area contributed by atoms with Crippen LogP contribution in [0, 0.1) is 0 Å². The maximum absolute atomic E-state index is 12.3. The highest BCUT2D eigenvalue weighted by Gasteiger charge is 2.51. The Kier molecular flexibility index (Phi) is 2.20. The van der Waals surface area contributed by atoms with Crippen molar-refractivity contribution in [2.24, 2.45) is 0 Å². The molecule has 1 aromatic carbocycles. The van der Waals surface area contributed by atoms with E-state index in [1.807, 2.05) is 26.0 Å². The summed E-state index contributed by atoms with van der Waals surface area (Å²) in [6, 6.07) is 6.21. The summed E-state index contributed by atoms with van der Waals surface area (Å²) >= 11 is 0. The lowest BCUT2D eigenvalue weighted by molar-refractivity contribution is -0.141. The molecule has 94 valence electrons. The van der Waals surface area contributed by atoms with E-state index in [9.17, 15) is 4.79 Å². The second-order valence-corrected chi connectivity index (χ2v) is 5.66. The molecule has 18 heavy (non-hydrogen) atoms. The number of ether oxygens (including phenoxy) is 1. The minimum atomic E-state index is -0.505. The monoisotopic (exact) mass is 243 g/mol. The second kappa shape index (κ2) is 3.45. The summed E-state index contributed by atoms with van der Waals surface area (Å²) in [5, 5.41) is 3.12. The number of benzene rings is 1. The summed E-state index contributed by atoms with van der Waals surface area (Å²) in [5.41, 5.74) is 2.51. The van der Waals surface area contributed by atoms with Gasteiger partial charge in [-0.15, -0.1) is 0 Å². The van der Waals surface area contributed by atoms with Gasteiger partial charge in [0.1, 0.15) is 5.54 Å². The number of carbonyl (C=O) groups is 1. The molecule has 2 heterocycles. The maximum atomic E-state index is 12.3. The van der Waals surface area contributed by atoms with Gasteiger partial charge in [-0.05, 0) is 30.5 Å². The second-order valence-electron chi connectivity index (χ2n) is 5.66. The van der Waals surface area contributed by atoms with Crippen LogP contribution in [-0.4, -0.2) is 19.1 Å². The van der Waals surface area contributed by atoms with Crippen LogP contribution >= 0.6 is 0 Å². The molecular weight excluding hydrogens is 226 g/mol. The van der Waals surface area contributed by atoms with Gasteiger partial charge in [-0.1, -0.05) is 30.9 Å². The fraction of sp³-hybridized carbons (Fsp3) is 0.400. The molecule has 0 atom stereocenters. The largest absolute Gasteiger partial charge is 0.376 e. The van der Waals surface area contributed by atoms with Crippen molar-refractivity contribution in [2.45, 2.75) is 24.8 Å². The van der Waals surface area contributed by atoms with Gasteiger partial charge >= 0.3 is 0 Å². The van der Waals surface area contributed by atoms with Crippen LogP contribution in [0.1, 0.15) is 30.5 Å². The van der Waals surface area contributed by atoms with Crippen molar-refractivity contribution in [2.75, 3.05) is 13.2 Å². The molecule has 0 radical (unpaired) electrons. The summed E-state index contributed by atoms with van der Waals surface area (Å²) in [6.07, 6.45) is 1.81. The number of hydrogen-bond acceptors (Lipinski definition) is 2. The van der Waals surface area contributed by atoms with Crippen LogP contribution < -0.4 is 5.32 Å². The third-order valence-electron chi connectivity index (χ3n) is 4.09. The maximum Gasteiger partial charge on any atom is 0.230 e. The van der Waals surface area contributed by atoms with Crippen molar-refractivity contribution in [1.29, 1.82) is 0 Å². The van der Waals surface area contributed by atoms with E-state index in [1.54, 1.807) is 0 Å². The first-order valence-electron chi connectivity index (χ1n) is 6.17. The molecule has 1 aromatic rings. The van der Waals surface area contributed by atoms with Gasteiger partial charge in [0, 0.05) is 0 Å². The topological polar surface area (TPSA) is 38.3 Å². The molecule has 1 fully saturated rings. The fourth-order valence-electron chi connectivity index (χ4n) is 2.72. The Morgan fingerprint density at radius 3 is 2.61 bits per heavy atom. The predicted octanol–water partition coefficient (Wildman–Crippen LogP) is 1.96. The number of fused-ring (bicyclic) bond motifs is 2. The van der Waals surface area contributed by atoms with E-state index in [0.29, 0.717) is 13.2 Å². The normalized spacial score (nSPS) is 22.9. The Hall–Kier alpha value is -1.61. The molecule has 0 saturated carbocycles. The molecule has 2 aliphatic rings. The Balaban J connectivity index is 2.23. The fourth-order valence-corrected chi connectivity index (χ4v) is 2.72. The van der Waals surface area contributed by atoms with Gasteiger partial charge in [0.25, 0.3) is 0 Å². The zero-order chi connectivity index (χ0) is 13.0. The van der Waals surface area contributed by atoms with Crippen LogP contribution in [0.4, 0.5) is 0 Å². The molecule has 1 amide bonds. The minimum Gasteiger partial charge on any atom is -0.376 e. The summed E-state index contributed by atoms with van der Waals surface area (Å²) < 4.78 is 5.31. The third kappa shape index (κ3) is 1.31. The quantitative estimate of drug-likeness (QED) is 0.819. The van der Waals surface area contributed by atoms with Gasteiger partial charge in [-0.3, -0.25) is 4.79 Å². The molecule has 0 unspecified atom stereocenters. The molecule has 3 heteroatoms. The lowest BCUT2D eigenvalue weighted by atomic mass is 9.70. The predicted molar refractivity (Wildman–Crippen MR) is 70.2 cm³/mol. The van der Waals surface area contributed by atoms with E-state index in [0.717, 1.165) is 11.1 Å². The summed E-state index contributed by atoms with van der Waals surface area (Å²) in [6.45, 7) is 8.84. The van der Waals surface area contributed by atoms with Crippen molar-refractivity contribution in [1.82, 2.24) is 5.32 Å². The SMILES string of the molecule is C=Cc1ccc2c(c1)C(C)(C)C(=O)NC21COC1. The van der Waals surface area contributed by atoms with Crippen molar-refractivity contribution in [3.05, 3.63) is 41.5 Å². The standard InChI is InChI=1S/C15H17NO2/c1-4-10-5-6-11-12(7-10)14(2,3)13(17)16-15(11)8-18-9-15/h4-7H,1,8-9H2,2-3H3,(H,16,17). The molecule has 0 aliphatic carbocycles. The van der Waals surface area contributed by atoms with Crippen LogP contribution in [0.2, 0.25) is 0 Å². The van der Waals surface area contributed by atoms with E-state index in [1.165, 1.54) is 5.56 Å². The van der Waals surface area contributed by atoms with E-state index < -0.39 is 5.41 Å². The smallest absolute Gasteiger partial charge is 0.230 e. The van der Waals surface area contributed by atoms with Crippen molar-refractivity contribution >= 4 is 12.0 Å². The highest BCUT2D eigenvalue weighted by molar-refractivity contribution is 5.91. The van der Waals surface area contributed by atoms with Gasteiger partial charge < -0.3 is 10.1 Å². The Morgan fingerprint density at radius 1 is 1.33 bits per heavy atom. The zero-order valence-corrected chi connectivity index (χ0v) is 10.7.